The Morgan fingerprint density at radius 3 is 2.69 bits per heavy atom. The molecule has 1 heterocycles. The third-order valence-electron chi connectivity index (χ3n) is 2.72. The molecule has 0 radical (unpaired) electrons. The van der Waals surface area contributed by atoms with Crippen molar-refractivity contribution >= 4 is 15.9 Å². The van der Waals surface area contributed by atoms with Crippen LogP contribution in [0.5, 0.6) is 11.5 Å². The normalized spacial score (nSPS) is 14.3. The van der Waals surface area contributed by atoms with E-state index < -0.39 is 5.60 Å². The molecule has 16 heavy (non-hydrogen) atoms. The van der Waals surface area contributed by atoms with Crippen molar-refractivity contribution in [2.24, 2.45) is 0 Å². The number of fused-ring (bicyclic) bond motifs is 1. The van der Waals surface area contributed by atoms with Crippen molar-refractivity contribution in [1.29, 1.82) is 0 Å². The highest BCUT2D eigenvalue weighted by Gasteiger charge is 2.28. The first kappa shape index (κ1) is 11.7. The molecule has 0 aromatic heterocycles. The molecule has 1 aromatic rings. The maximum Gasteiger partial charge on any atom is 0.231 e. The Bertz CT molecular complexity index is 421. The van der Waals surface area contributed by atoms with Gasteiger partial charge in [-0.1, -0.05) is 6.92 Å². The van der Waals surface area contributed by atoms with Crippen LogP contribution in [0.3, 0.4) is 0 Å². The van der Waals surface area contributed by atoms with E-state index in [2.05, 4.69) is 22.9 Å². The van der Waals surface area contributed by atoms with Gasteiger partial charge in [0.05, 0.1) is 10.1 Å². The lowest BCUT2D eigenvalue weighted by Crippen LogP contribution is -2.18. The van der Waals surface area contributed by atoms with Crippen LogP contribution in [0.25, 0.3) is 0 Å². The maximum atomic E-state index is 10.1. The van der Waals surface area contributed by atoms with Crippen LogP contribution in [0, 0.1) is 0 Å². The van der Waals surface area contributed by atoms with Gasteiger partial charge in [-0.15, -0.1) is 0 Å². The molecule has 2 rings (SSSR count). The number of hydrogen-bond donors (Lipinski definition) is 1. The summed E-state index contributed by atoms with van der Waals surface area (Å²) in [4.78, 5) is 0. The first-order chi connectivity index (χ1) is 7.45. The minimum Gasteiger partial charge on any atom is -0.454 e. The molecule has 0 amide bonds. The zero-order valence-electron chi connectivity index (χ0n) is 9.63. The quantitative estimate of drug-likeness (QED) is 0.909. The third kappa shape index (κ3) is 1.80. The Labute approximate surface area is 104 Å². The van der Waals surface area contributed by atoms with Gasteiger partial charge in [0, 0.05) is 0 Å². The van der Waals surface area contributed by atoms with Crippen LogP contribution in [0.15, 0.2) is 10.5 Å². The van der Waals surface area contributed by atoms with E-state index in [-0.39, 0.29) is 6.79 Å². The molecule has 0 unspecified atom stereocenters. The van der Waals surface area contributed by atoms with E-state index >= 15 is 0 Å². The van der Waals surface area contributed by atoms with E-state index in [1.807, 2.05) is 6.07 Å². The van der Waals surface area contributed by atoms with Gasteiger partial charge in [-0.2, -0.15) is 0 Å². The third-order valence-corrected chi connectivity index (χ3v) is 3.56. The van der Waals surface area contributed by atoms with E-state index in [4.69, 9.17) is 9.47 Å². The van der Waals surface area contributed by atoms with Crippen LogP contribution in [0.4, 0.5) is 0 Å². The molecule has 0 bridgehead atoms. The molecule has 1 N–H and O–H groups in total. The van der Waals surface area contributed by atoms with Crippen molar-refractivity contribution in [3.05, 3.63) is 21.7 Å². The molecule has 0 spiro atoms. The van der Waals surface area contributed by atoms with Crippen molar-refractivity contribution in [3.8, 4) is 11.5 Å². The molecule has 4 heteroatoms. The smallest absolute Gasteiger partial charge is 0.231 e. The molecule has 1 aliphatic heterocycles. The fourth-order valence-electron chi connectivity index (χ4n) is 1.93. The number of halogens is 1. The Kier molecular flexibility index (Phi) is 2.88. The van der Waals surface area contributed by atoms with Crippen LogP contribution in [0.2, 0.25) is 0 Å². The fourth-order valence-corrected chi connectivity index (χ4v) is 2.74. The van der Waals surface area contributed by atoms with Crippen LogP contribution < -0.4 is 9.47 Å². The summed E-state index contributed by atoms with van der Waals surface area (Å²) >= 11 is 3.52. The summed E-state index contributed by atoms with van der Waals surface area (Å²) in [5.41, 5.74) is 1.07. The second kappa shape index (κ2) is 3.93. The largest absolute Gasteiger partial charge is 0.454 e. The average Bonchev–Trinajstić information content (AvgIpc) is 2.64. The zero-order valence-corrected chi connectivity index (χ0v) is 11.2. The highest BCUT2D eigenvalue weighted by atomic mass is 79.9. The molecule has 0 saturated heterocycles. The summed E-state index contributed by atoms with van der Waals surface area (Å²) in [6.07, 6.45) is 0.830. The van der Waals surface area contributed by atoms with Gasteiger partial charge in [-0.05, 0) is 53.4 Å². The monoisotopic (exact) mass is 286 g/mol. The topological polar surface area (TPSA) is 38.7 Å². The predicted molar refractivity (Wildman–Crippen MR) is 64.9 cm³/mol. The summed E-state index contributed by atoms with van der Waals surface area (Å²) in [6.45, 7) is 5.84. The highest BCUT2D eigenvalue weighted by Crippen LogP contribution is 2.45. The van der Waals surface area contributed by atoms with Crippen molar-refractivity contribution < 1.29 is 14.6 Å². The maximum absolute atomic E-state index is 10.1. The lowest BCUT2D eigenvalue weighted by Gasteiger charge is -2.23. The minimum absolute atomic E-state index is 0.242. The zero-order chi connectivity index (χ0) is 11.9. The Balaban J connectivity index is 2.66. The first-order valence-electron chi connectivity index (χ1n) is 5.29. The fraction of sp³-hybridized carbons (Fsp3) is 0.500. The molecule has 0 aliphatic carbocycles. The van der Waals surface area contributed by atoms with Crippen LogP contribution in [0.1, 0.15) is 31.9 Å². The molecule has 0 atom stereocenters. The van der Waals surface area contributed by atoms with E-state index in [1.54, 1.807) is 13.8 Å². The van der Waals surface area contributed by atoms with Gasteiger partial charge in [-0.25, -0.2) is 0 Å². The molecule has 0 fully saturated rings. The summed E-state index contributed by atoms with van der Waals surface area (Å²) in [6, 6.07) is 1.87. The lowest BCUT2D eigenvalue weighted by molar-refractivity contribution is 0.0773. The number of ether oxygens (including phenoxy) is 2. The van der Waals surface area contributed by atoms with Gasteiger partial charge in [0.25, 0.3) is 0 Å². The van der Waals surface area contributed by atoms with Crippen LogP contribution in [-0.2, 0) is 12.0 Å². The average molecular weight is 287 g/mol. The van der Waals surface area contributed by atoms with E-state index in [9.17, 15) is 5.11 Å². The first-order valence-corrected chi connectivity index (χ1v) is 6.08. The number of hydrogen-bond acceptors (Lipinski definition) is 3. The molecule has 3 nitrogen and oxygen atoms in total. The van der Waals surface area contributed by atoms with Crippen LogP contribution in [-0.4, -0.2) is 11.9 Å². The summed E-state index contributed by atoms with van der Waals surface area (Å²) in [5, 5.41) is 10.1. The Morgan fingerprint density at radius 2 is 2.12 bits per heavy atom. The van der Waals surface area contributed by atoms with Gasteiger partial charge in [0.1, 0.15) is 0 Å². The highest BCUT2D eigenvalue weighted by molar-refractivity contribution is 9.10. The Morgan fingerprint density at radius 1 is 1.44 bits per heavy atom. The van der Waals surface area contributed by atoms with Crippen LogP contribution >= 0.6 is 15.9 Å². The number of benzene rings is 1. The predicted octanol–water partition coefficient (Wildman–Crippen LogP) is 2.97. The van der Waals surface area contributed by atoms with Crippen molar-refractivity contribution in [3.63, 3.8) is 0 Å². The standard InChI is InChI=1S/C12H15BrO3/c1-4-7-8(12(2,3)14)5-9-11(10(7)13)16-6-15-9/h5,14H,4,6H2,1-3H3. The van der Waals surface area contributed by atoms with Gasteiger partial charge in [-0.3, -0.25) is 0 Å². The second-order valence-electron chi connectivity index (χ2n) is 4.36. The van der Waals surface area contributed by atoms with Gasteiger partial charge in [0.2, 0.25) is 6.79 Å². The van der Waals surface area contributed by atoms with Crippen molar-refractivity contribution in [1.82, 2.24) is 0 Å². The molecule has 88 valence electrons. The minimum atomic E-state index is -0.880. The molecular formula is C12H15BrO3. The molecular weight excluding hydrogens is 272 g/mol. The second-order valence-corrected chi connectivity index (χ2v) is 5.16. The van der Waals surface area contributed by atoms with Crippen molar-refractivity contribution in [2.45, 2.75) is 32.8 Å². The molecule has 1 aromatic carbocycles. The summed E-state index contributed by atoms with van der Waals surface area (Å²) in [5.74, 6) is 1.44. The molecule has 0 saturated carbocycles. The summed E-state index contributed by atoms with van der Waals surface area (Å²) in [7, 11) is 0. The van der Waals surface area contributed by atoms with E-state index in [1.165, 1.54) is 0 Å². The van der Waals surface area contributed by atoms with E-state index in [0.717, 1.165) is 27.8 Å². The SMILES string of the molecule is CCc1c(C(C)(C)O)cc2c(c1Br)OCO2. The lowest BCUT2D eigenvalue weighted by atomic mass is 9.91. The van der Waals surface area contributed by atoms with Gasteiger partial charge < -0.3 is 14.6 Å². The van der Waals surface area contributed by atoms with Crippen molar-refractivity contribution in [2.75, 3.05) is 6.79 Å². The Hall–Kier alpha value is -0.740. The van der Waals surface area contributed by atoms with E-state index in [0.29, 0.717) is 5.75 Å². The molecule has 1 aliphatic rings. The number of rotatable bonds is 2. The van der Waals surface area contributed by atoms with Gasteiger partial charge >= 0.3 is 0 Å². The number of aliphatic hydroxyl groups is 1. The summed E-state index contributed by atoms with van der Waals surface area (Å²) < 4.78 is 11.6. The van der Waals surface area contributed by atoms with Gasteiger partial charge in [0.15, 0.2) is 11.5 Å².